The standard InChI is InChI=1S/C14H20NO4P/c1-4-18-20(16,19-5-2)14(11-15)10-12-6-8-13(17-3)9-7-12/h6-9,14H,4-5,10H2,1-3H3. The first-order valence-electron chi connectivity index (χ1n) is 6.51. The van der Waals surface area contributed by atoms with Crippen LogP contribution in [-0.4, -0.2) is 26.0 Å². The van der Waals surface area contributed by atoms with Gasteiger partial charge in [0.1, 0.15) is 5.75 Å². The molecule has 6 heteroatoms. The summed E-state index contributed by atoms with van der Waals surface area (Å²) in [6.07, 6.45) is 0.317. The first kappa shape index (κ1) is 16.7. The zero-order valence-corrected chi connectivity index (χ0v) is 12.9. The Labute approximate surface area is 120 Å². The molecule has 0 fully saturated rings. The zero-order valence-electron chi connectivity index (χ0n) is 12.0. The minimum Gasteiger partial charge on any atom is -0.497 e. The zero-order chi connectivity index (χ0) is 15.0. The molecule has 1 aromatic rings. The summed E-state index contributed by atoms with van der Waals surface area (Å²) in [5.74, 6) is 0.736. The van der Waals surface area contributed by atoms with Crippen molar-refractivity contribution in [3.8, 4) is 11.8 Å². The lowest BCUT2D eigenvalue weighted by Crippen LogP contribution is -2.14. The van der Waals surface area contributed by atoms with Gasteiger partial charge in [-0.1, -0.05) is 12.1 Å². The van der Waals surface area contributed by atoms with E-state index in [4.69, 9.17) is 13.8 Å². The summed E-state index contributed by atoms with van der Waals surface area (Å²) in [5, 5.41) is 9.27. The topological polar surface area (TPSA) is 68.5 Å². The van der Waals surface area contributed by atoms with Crippen LogP contribution in [0.4, 0.5) is 0 Å². The highest BCUT2D eigenvalue weighted by molar-refractivity contribution is 7.55. The fourth-order valence-electron chi connectivity index (χ4n) is 1.79. The van der Waals surface area contributed by atoms with Crippen molar-refractivity contribution >= 4 is 7.60 Å². The Morgan fingerprint density at radius 3 is 2.15 bits per heavy atom. The quantitative estimate of drug-likeness (QED) is 0.688. The van der Waals surface area contributed by atoms with Gasteiger partial charge in [0.2, 0.25) is 0 Å². The third-order valence-corrected chi connectivity index (χ3v) is 5.03. The van der Waals surface area contributed by atoms with E-state index in [-0.39, 0.29) is 13.2 Å². The molecular weight excluding hydrogens is 277 g/mol. The summed E-state index contributed by atoms with van der Waals surface area (Å²) in [5.41, 5.74) is 0.0766. The number of methoxy groups -OCH3 is 1. The molecule has 0 heterocycles. The molecule has 1 unspecified atom stereocenters. The van der Waals surface area contributed by atoms with Gasteiger partial charge in [-0.25, -0.2) is 0 Å². The van der Waals surface area contributed by atoms with Crippen molar-refractivity contribution in [2.24, 2.45) is 0 Å². The third kappa shape index (κ3) is 4.35. The largest absolute Gasteiger partial charge is 0.497 e. The van der Waals surface area contributed by atoms with Crippen molar-refractivity contribution in [2.45, 2.75) is 25.9 Å². The Bertz CT molecular complexity index is 485. The molecule has 0 N–H and O–H groups in total. The predicted molar refractivity (Wildman–Crippen MR) is 77.0 cm³/mol. The van der Waals surface area contributed by atoms with Gasteiger partial charge in [-0.15, -0.1) is 0 Å². The number of nitrogens with zero attached hydrogens (tertiary/aromatic N) is 1. The molecule has 0 aliphatic carbocycles. The van der Waals surface area contributed by atoms with E-state index < -0.39 is 13.3 Å². The van der Waals surface area contributed by atoms with Gasteiger partial charge in [0.15, 0.2) is 5.66 Å². The highest BCUT2D eigenvalue weighted by Gasteiger charge is 2.35. The van der Waals surface area contributed by atoms with Crippen LogP contribution < -0.4 is 4.74 Å². The van der Waals surface area contributed by atoms with Gasteiger partial charge in [-0.2, -0.15) is 5.26 Å². The lowest BCUT2D eigenvalue weighted by Gasteiger charge is -2.21. The average Bonchev–Trinajstić information content (AvgIpc) is 2.45. The molecule has 5 nitrogen and oxygen atoms in total. The van der Waals surface area contributed by atoms with E-state index in [1.54, 1.807) is 33.1 Å². The van der Waals surface area contributed by atoms with Gasteiger partial charge in [0.25, 0.3) is 0 Å². The maximum Gasteiger partial charge on any atom is 0.348 e. The first-order chi connectivity index (χ1) is 9.59. The minimum atomic E-state index is -3.41. The van der Waals surface area contributed by atoms with E-state index >= 15 is 0 Å². The van der Waals surface area contributed by atoms with E-state index in [2.05, 4.69) is 0 Å². The van der Waals surface area contributed by atoms with Crippen LogP contribution in [0.15, 0.2) is 24.3 Å². The van der Waals surface area contributed by atoms with Crippen molar-refractivity contribution in [3.05, 3.63) is 29.8 Å². The molecular formula is C14H20NO4P. The summed E-state index contributed by atoms with van der Waals surface area (Å²) in [7, 11) is -1.82. The fourth-order valence-corrected chi connectivity index (χ4v) is 3.52. The summed E-state index contributed by atoms with van der Waals surface area (Å²) in [4.78, 5) is 0. The molecule has 0 radical (unpaired) electrons. The lowest BCUT2D eigenvalue weighted by atomic mass is 10.1. The van der Waals surface area contributed by atoms with E-state index in [0.29, 0.717) is 6.42 Å². The molecule has 110 valence electrons. The van der Waals surface area contributed by atoms with Gasteiger partial charge < -0.3 is 13.8 Å². The Hall–Kier alpha value is -1.34. The number of nitriles is 1. The normalized spacial score (nSPS) is 12.7. The van der Waals surface area contributed by atoms with Crippen molar-refractivity contribution in [1.82, 2.24) is 0 Å². The highest BCUT2D eigenvalue weighted by atomic mass is 31.2. The molecule has 20 heavy (non-hydrogen) atoms. The van der Waals surface area contributed by atoms with Gasteiger partial charge >= 0.3 is 7.60 Å². The molecule has 1 atom stereocenters. The Kier molecular flexibility index (Phi) is 6.74. The second-order valence-electron chi connectivity index (χ2n) is 4.07. The number of benzene rings is 1. The van der Waals surface area contributed by atoms with Crippen LogP contribution in [0.5, 0.6) is 5.75 Å². The van der Waals surface area contributed by atoms with Crippen LogP contribution in [0.1, 0.15) is 19.4 Å². The number of ether oxygens (including phenoxy) is 1. The van der Waals surface area contributed by atoms with Crippen LogP contribution in [0.25, 0.3) is 0 Å². The molecule has 0 aliphatic rings. The predicted octanol–water partition coefficient (Wildman–Crippen LogP) is 3.40. The van der Waals surface area contributed by atoms with Crippen LogP contribution >= 0.6 is 7.60 Å². The second-order valence-corrected chi connectivity index (χ2v) is 6.29. The first-order valence-corrected chi connectivity index (χ1v) is 8.12. The van der Waals surface area contributed by atoms with Crippen molar-refractivity contribution < 1.29 is 18.3 Å². The fraction of sp³-hybridized carbons (Fsp3) is 0.500. The summed E-state index contributed by atoms with van der Waals surface area (Å²) in [6, 6.07) is 9.33. The molecule has 0 amide bonds. The molecule has 0 spiro atoms. The van der Waals surface area contributed by atoms with Gasteiger partial charge in [0.05, 0.1) is 26.4 Å². The second kappa shape index (κ2) is 8.06. The number of hydrogen-bond acceptors (Lipinski definition) is 5. The summed E-state index contributed by atoms with van der Waals surface area (Å²) >= 11 is 0. The maximum absolute atomic E-state index is 12.6. The van der Waals surface area contributed by atoms with E-state index in [1.165, 1.54) is 0 Å². The molecule has 0 saturated carbocycles. The summed E-state index contributed by atoms with van der Waals surface area (Å²) < 4.78 is 28.1. The van der Waals surface area contributed by atoms with Gasteiger partial charge in [0, 0.05) is 0 Å². The van der Waals surface area contributed by atoms with Gasteiger partial charge in [-0.3, -0.25) is 4.57 Å². The molecule has 0 aromatic heterocycles. The van der Waals surface area contributed by atoms with E-state index in [9.17, 15) is 9.83 Å². The minimum absolute atomic E-state index is 0.248. The third-order valence-electron chi connectivity index (χ3n) is 2.74. The van der Waals surface area contributed by atoms with Crippen LogP contribution in [0.3, 0.4) is 0 Å². The molecule has 1 aromatic carbocycles. The smallest absolute Gasteiger partial charge is 0.348 e. The van der Waals surface area contributed by atoms with Gasteiger partial charge in [-0.05, 0) is 38.0 Å². The summed E-state index contributed by atoms with van der Waals surface area (Å²) in [6.45, 7) is 3.96. The monoisotopic (exact) mass is 297 g/mol. The average molecular weight is 297 g/mol. The molecule has 0 bridgehead atoms. The SMILES string of the molecule is CCOP(=O)(OCC)C(C#N)Cc1ccc(OC)cc1. The van der Waals surface area contributed by atoms with E-state index in [0.717, 1.165) is 11.3 Å². The van der Waals surface area contributed by atoms with Crippen LogP contribution in [0.2, 0.25) is 0 Å². The van der Waals surface area contributed by atoms with Crippen LogP contribution in [0, 0.1) is 11.3 Å². The highest BCUT2D eigenvalue weighted by Crippen LogP contribution is 2.53. The number of rotatable bonds is 8. The number of hydrogen-bond donors (Lipinski definition) is 0. The molecule has 0 saturated heterocycles. The van der Waals surface area contributed by atoms with Crippen molar-refractivity contribution in [3.63, 3.8) is 0 Å². The molecule has 1 rings (SSSR count). The van der Waals surface area contributed by atoms with E-state index in [1.807, 2.05) is 18.2 Å². The van der Waals surface area contributed by atoms with Crippen molar-refractivity contribution in [2.75, 3.05) is 20.3 Å². The Morgan fingerprint density at radius 1 is 1.20 bits per heavy atom. The molecule has 0 aliphatic heterocycles. The Balaban J connectivity index is 2.88. The van der Waals surface area contributed by atoms with Crippen molar-refractivity contribution in [1.29, 1.82) is 5.26 Å². The lowest BCUT2D eigenvalue weighted by molar-refractivity contribution is 0.216. The Morgan fingerprint density at radius 2 is 1.75 bits per heavy atom. The van der Waals surface area contributed by atoms with Crippen LogP contribution in [-0.2, 0) is 20.0 Å². The maximum atomic E-state index is 12.6.